The third kappa shape index (κ3) is 3.33. The Morgan fingerprint density at radius 2 is 2.21 bits per heavy atom. The van der Waals surface area contributed by atoms with Crippen molar-refractivity contribution in [2.24, 2.45) is 0 Å². The van der Waals surface area contributed by atoms with Crippen molar-refractivity contribution in [3.63, 3.8) is 0 Å². The Morgan fingerprint density at radius 3 is 2.74 bits per heavy atom. The van der Waals surface area contributed by atoms with E-state index in [1.165, 1.54) is 24.3 Å². The number of nitriles is 1. The molecule has 0 saturated carbocycles. The third-order valence-electron chi connectivity index (χ3n) is 2.39. The van der Waals surface area contributed by atoms with Crippen LogP contribution >= 0.6 is 11.6 Å². The van der Waals surface area contributed by atoms with Crippen LogP contribution < -0.4 is 0 Å². The van der Waals surface area contributed by atoms with E-state index in [1.807, 2.05) is 0 Å². The fourth-order valence-corrected chi connectivity index (χ4v) is 3.37. The highest BCUT2D eigenvalue weighted by Crippen LogP contribution is 2.25. The Hall–Kier alpha value is -1.39. The Balaban J connectivity index is 3.38. The van der Waals surface area contributed by atoms with Gasteiger partial charge in [-0.1, -0.05) is 23.7 Å². The van der Waals surface area contributed by atoms with Gasteiger partial charge in [-0.05, 0) is 12.1 Å². The first-order valence-corrected chi connectivity index (χ1v) is 7.21. The van der Waals surface area contributed by atoms with Crippen molar-refractivity contribution in [3.05, 3.63) is 41.4 Å². The zero-order valence-corrected chi connectivity index (χ0v) is 11.7. The minimum atomic E-state index is -3.90. The van der Waals surface area contributed by atoms with Gasteiger partial charge >= 0.3 is 0 Å². The molecule has 0 aliphatic carbocycles. The summed E-state index contributed by atoms with van der Waals surface area (Å²) >= 11 is 5.82. The zero-order chi connectivity index (χ0) is 14.5. The van der Waals surface area contributed by atoms with Gasteiger partial charge in [0.2, 0.25) is 10.0 Å². The van der Waals surface area contributed by atoms with E-state index in [0.717, 1.165) is 4.31 Å². The quantitative estimate of drug-likeness (QED) is 0.805. The molecule has 1 rings (SSSR count). The summed E-state index contributed by atoms with van der Waals surface area (Å²) in [5.41, 5.74) is -0.101. The lowest BCUT2D eigenvalue weighted by Crippen LogP contribution is -2.34. The van der Waals surface area contributed by atoms with Gasteiger partial charge in [-0.2, -0.15) is 9.57 Å². The lowest BCUT2D eigenvalue weighted by Gasteiger charge is -2.20. The molecule has 0 atom stereocenters. The molecule has 102 valence electrons. The van der Waals surface area contributed by atoms with E-state index in [1.54, 1.807) is 6.07 Å². The number of sulfonamides is 1. The molecule has 1 aromatic carbocycles. The first-order chi connectivity index (χ1) is 8.98. The van der Waals surface area contributed by atoms with Crippen molar-refractivity contribution in [1.82, 2.24) is 4.31 Å². The third-order valence-corrected chi connectivity index (χ3v) is 4.61. The second-order valence-corrected chi connectivity index (χ2v) is 5.91. The molecule has 0 saturated heterocycles. The van der Waals surface area contributed by atoms with E-state index in [0.29, 0.717) is 0 Å². The number of nitrogens with zero attached hydrogens (tertiary/aromatic N) is 2. The van der Waals surface area contributed by atoms with Crippen LogP contribution in [0.4, 0.5) is 0 Å². The molecule has 0 aliphatic rings. The van der Waals surface area contributed by atoms with Crippen LogP contribution in [-0.2, 0) is 10.0 Å². The smallest absolute Gasteiger partial charge is 0.244 e. The molecule has 5 nitrogen and oxygen atoms in total. The highest BCUT2D eigenvalue weighted by molar-refractivity contribution is 7.89. The maximum atomic E-state index is 12.4. The molecule has 0 unspecified atom stereocenters. The maximum Gasteiger partial charge on any atom is 0.244 e. The maximum absolute atomic E-state index is 12.4. The molecular weight excluding hydrogens is 288 g/mol. The van der Waals surface area contributed by atoms with Gasteiger partial charge in [0, 0.05) is 13.1 Å². The van der Waals surface area contributed by atoms with E-state index < -0.39 is 10.0 Å². The fraction of sp³-hybridized carbons (Fsp3) is 0.250. The van der Waals surface area contributed by atoms with E-state index >= 15 is 0 Å². The summed E-state index contributed by atoms with van der Waals surface area (Å²) in [6, 6.07) is 6.00. The topological polar surface area (TPSA) is 81.4 Å². The second kappa shape index (κ2) is 6.68. The Morgan fingerprint density at radius 1 is 1.53 bits per heavy atom. The molecule has 0 aliphatic heterocycles. The first kappa shape index (κ1) is 15.7. The minimum absolute atomic E-state index is 0.0419. The molecule has 0 aromatic heterocycles. The van der Waals surface area contributed by atoms with Crippen molar-refractivity contribution in [2.45, 2.75) is 4.90 Å². The average Bonchev–Trinajstić information content (AvgIpc) is 2.38. The van der Waals surface area contributed by atoms with Gasteiger partial charge in [-0.25, -0.2) is 8.42 Å². The zero-order valence-electron chi connectivity index (χ0n) is 10.1. The summed E-state index contributed by atoms with van der Waals surface area (Å²) in [5, 5.41) is 18.0. The highest BCUT2D eigenvalue weighted by atomic mass is 35.5. The van der Waals surface area contributed by atoms with E-state index in [4.69, 9.17) is 22.0 Å². The Bertz CT molecular complexity index is 608. The van der Waals surface area contributed by atoms with Crippen molar-refractivity contribution in [3.8, 4) is 6.07 Å². The van der Waals surface area contributed by atoms with Crippen molar-refractivity contribution < 1.29 is 13.5 Å². The molecule has 1 N–H and O–H groups in total. The molecule has 0 bridgehead atoms. The molecule has 0 heterocycles. The van der Waals surface area contributed by atoms with E-state index in [-0.39, 0.29) is 35.2 Å². The number of aliphatic hydroxyl groups is 1. The van der Waals surface area contributed by atoms with E-state index in [9.17, 15) is 8.42 Å². The van der Waals surface area contributed by atoms with Crippen LogP contribution in [0, 0.1) is 11.3 Å². The monoisotopic (exact) mass is 300 g/mol. The molecule has 0 radical (unpaired) electrons. The van der Waals surface area contributed by atoms with Crippen LogP contribution in [-0.4, -0.2) is 37.5 Å². The summed E-state index contributed by atoms with van der Waals surface area (Å²) in [5.74, 6) is 0. The average molecular weight is 301 g/mol. The number of benzene rings is 1. The van der Waals surface area contributed by atoms with Crippen LogP contribution in [0.3, 0.4) is 0 Å². The summed E-state index contributed by atoms with van der Waals surface area (Å²) in [4.78, 5) is -0.169. The normalized spacial score (nSPS) is 11.3. The molecule has 0 spiro atoms. The first-order valence-electron chi connectivity index (χ1n) is 5.39. The van der Waals surface area contributed by atoms with Gasteiger partial charge in [0.1, 0.15) is 11.0 Å². The lowest BCUT2D eigenvalue weighted by atomic mass is 10.2. The molecule has 7 heteroatoms. The number of aliphatic hydroxyl groups excluding tert-OH is 1. The van der Waals surface area contributed by atoms with E-state index in [2.05, 4.69) is 6.58 Å². The van der Waals surface area contributed by atoms with Crippen LogP contribution in [0.25, 0.3) is 0 Å². The Labute approximate surface area is 117 Å². The number of halogens is 1. The highest BCUT2D eigenvalue weighted by Gasteiger charge is 2.26. The number of hydrogen-bond acceptors (Lipinski definition) is 4. The predicted molar refractivity (Wildman–Crippen MR) is 72.2 cm³/mol. The number of rotatable bonds is 6. The van der Waals surface area contributed by atoms with Crippen LogP contribution in [0.1, 0.15) is 5.56 Å². The van der Waals surface area contributed by atoms with Crippen molar-refractivity contribution in [2.75, 3.05) is 19.7 Å². The van der Waals surface area contributed by atoms with Gasteiger partial charge in [0.05, 0.1) is 17.2 Å². The molecule has 0 fully saturated rings. The fourth-order valence-electron chi connectivity index (χ4n) is 1.53. The molecule has 0 amide bonds. The van der Waals surface area contributed by atoms with Gasteiger partial charge in [0.15, 0.2) is 0 Å². The summed E-state index contributed by atoms with van der Waals surface area (Å²) in [6.07, 6.45) is 1.41. The summed E-state index contributed by atoms with van der Waals surface area (Å²) < 4.78 is 25.8. The van der Waals surface area contributed by atoms with Gasteiger partial charge in [-0.15, -0.1) is 6.58 Å². The number of hydrogen-bond donors (Lipinski definition) is 1. The Kier molecular flexibility index (Phi) is 5.51. The largest absolute Gasteiger partial charge is 0.395 e. The van der Waals surface area contributed by atoms with Crippen LogP contribution in [0.15, 0.2) is 35.7 Å². The lowest BCUT2D eigenvalue weighted by molar-refractivity contribution is 0.260. The van der Waals surface area contributed by atoms with Gasteiger partial charge in [-0.3, -0.25) is 0 Å². The summed E-state index contributed by atoms with van der Waals surface area (Å²) in [7, 11) is -3.90. The van der Waals surface area contributed by atoms with Crippen LogP contribution in [0.2, 0.25) is 5.02 Å². The van der Waals surface area contributed by atoms with Crippen LogP contribution in [0.5, 0.6) is 0 Å². The minimum Gasteiger partial charge on any atom is -0.395 e. The predicted octanol–water partition coefficient (Wildman–Crippen LogP) is 1.38. The molecule has 1 aromatic rings. The molecular formula is C12H13ClN2O3S. The summed E-state index contributed by atoms with van der Waals surface area (Å²) in [6.45, 7) is 3.11. The standard InChI is InChI=1S/C12H13ClN2O3S/c1-2-6-15(7-8-16)19(17,18)12-5-3-4-11(13)10(12)9-14/h2-5,16H,1,6-8H2. The SMILES string of the molecule is C=CCN(CCO)S(=O)(=O)c1cccc(Cl)c1C#N. The van der Waals surface area contributed by atoms with Gasteiger partial charge in [0.25, 0.3) is 0 Å². The van der Waals surface area contributed by atoms with Crippen molar-refractivity contribution >= 4 is 21.6 Å². The second-order valence-electron chi connectivity index (χ2n) is 3.60. The van der Waals surface area contributed by atoms with Crippen molar-refractivity contribution in [1.29, 1.82) is 5.26 Å². The van der Waals surface area contributed by atoms with Gasteiger partial charge < -0.3 is 5.11 Å². The molecule has 19 heavy (non-hydrogen) atoms.